The van der Waals surface area contributed by atoms with Gasteiger partial charge in [-0.25, -0.2) is 4.79 Å². The molecule has 104 valence electrons. The molecular formula is C10H10F3N3O3. The molecule has 0 aliphatic rings. The van der Waals surface area contributed by atoms with Gasteiger partial charge in [0.15, 0.2) is 0 Å². The van der Waals surface area contributed by atoms with Crippen LogP contribution in [0.15, 0.2) is 24.5 Å². The van der Waals surface area contributed by atoms with Gasteiger partial charge in [0, 0.05) is 6.20 Å². The highest BCUT2D eigenvalue weighted by Gasteiger charge is 2.34. The van der Waals surface area contributed by atoms with Crippen LogP contribution in [0.1, 0.15) is 0 Å². The van der Waals surface area contributed by atoms with Gasteiger partial charge in [0.1, 0.15) is 13.1 Å². The number of amides is 2. The number of halogens is 3. The molecule has 1 aromatic rings. The maximum Gasteiger partial charge on any atom is 0.406 e. The maximum absolute atomic E-state index is 12.2. The number of hydrogen-bond acceptors (Lipinski definition) is 3. The topological polar surface area (TPSA) is 82.5 Å². The molecule has 0 fully saturated rings. The Hall–Kier alpha value is -2.32. The molecule has 0 spiro atoms. The SMILES string of the molecule is O=C(O)CN(CC(F)(F)F)C(=O)Nc1cccnc1. The van der Waals surface area contributed by atoms with Crippen molar-refractivity contribution >= 4 is 17.7 Å². The molecule has 2 amide bonds. The molecule has 0 bridgehead atoms. The van der Waals surface area contributed by atoms with Gasteiger partial charge in [-0.15, -0.1) is 0 Å². The van der Waals surface area contributed by atoms with Crippen LogP contribution in [0, 0.1) is 0 Å². The number of aromatic nitrogens is 1. The predicted molar refractivity (Wildman–Crippen MR) is 58.5 cm³/mol. The number of anilines is 1. The van der Waals surface area contributed by atoms with Gasteiger partial charge in [-0.1, -0.05) is 0 Å². The molecule has 0 unspecified atom stereocenters. The minimum atomic E-state index is -4.68. The summed E-state index contributed by atoms with van der Waals surface area (Å²) in [5.74, 6) is -1.54. The number of nitrogens with one attached hydrogen (secondary N) is 1. The molecule has 0 aliphatic carbocycles. The summed E-state index contributed by atoms with van der Waals surface area (Å²) in [6.07, 6.45) is -2.04. The normalized spacial score (nSPS) is 10.9. The van der Waals surface area contributed by atoms with E-state index in [2.05, 4.69) is 10.3 Å². The zero-order chi connectivity index (χ0) is 14.5. The van der Waals surface area contributed by atoms with E-state index in [0.717, 1.165) is 0 Å². The van der Waals surface area contributed by atoms with Crippen LogP contribution in [0.4, 0.5) is 23.7 Å². The molecule has 9 heteroatoms. The molecule has 1 heterocycles. The molecule has 0 aromatic carbocycles. The summed E-state index contributed by atoms with van der Waals surface area (Å²) in [5.41, 5.74) is 0.171. The molecule has 0 atom stereocenters. The second-order valence-corrected chi connectivity index (χ2v) is 3.54. The van der Waals surface area contributed by atoms with E-state index in [1.807, 2.05) is 0 Å². The smallest absolute Gasteiger partial charge is 0.406 e. The van der Waals surface area contributed by atoms with Crippen LogP contribution < -0.4 is 5.32 Å². The first kappa shape index (κ1) is 14.7. The second-order valence-electron chi connectivity index (χ2n) is 3.54. The standard InChI is InChI=1S/C10H10F3N3O3/c11-10(12,13)6-16(5-8(17)18)9(19)15-7-2-1-3-14-4-7/h1-4H,5-6H2,(H,15,19)(H,17,18). The van der Waals surface area contributed by atoms with E-state index in [1.165, 1.54) is 24.5 Å². The van der Waals surface area contributed by atoms with Gasteiger partial charge in [0.05, 0.1) is 11.9 Å². The van der Waals surface area contributed by atoms with Crippen molar-refractivity contribution in [3.63, 3.8) is 0 Å². The minimum Gasteiger partial charge on any atom is -0.480 e. The molecule has 1 rings (SSSR count). The minimum absolute atomic E-state index is 0.148. The van der Waals surface area contributed by atoms with Gasteiger partial charge in [0.2, 0.25) is 0 Å². The van der Waals surface area contributed by atoms with E-state index in [0.29, 0.717) is 0 Å². The third-order valence-electron chi connectivity index (χ3n) is 1.90. The number of pyridine rings is 1. The highest BCUT2D eigenvalue weighted by atomic mass is 19.4. The number of carbonyl (C=O) groups excluding carboxylic acids is 1. The Balaban J connectivity index is 2.74. The summed E-state index contributed by atoms with van der Waals surface area (Å²) in [6.45, 7) is -2.70. The molecule has 0 saturated carbocycles. The van der Waals surface area contributed by atoms with E-state index < -0.39 is 31.3 Å². The lowest BCUT2D eigenvalue weighted by molar-refractivity contribution is -0.148. The Morgan fingerprint density at radius 3 is 2.58 bits per heavy atom. The van der Waals surface area contributed by atoms with Crippen molar-refractivity contribution in [1.29, 1.82) is 0 Å². The Morgan fingerprint density at radius 1 is 1.42 bits per heavy atom. The van der Waals surface area contributed by atoms with Crippen molar-refractivity contribution in [3.05, 3.63) is 24.5 Å². The largest absolute Gasteiger partial charge is 0.480 e. The molecule has 6 nitrogen and oxygen atoms in total. The van der Waals surface area contributed by atoms with Crippen LogP contribution in [0.5, 0.6) is 0 Å². The van der Waals surface area contributed by atoms with Gasteiger partial charge in [-0.2, -0.15) is 13.2 Å². The first-order chi connectivity index (χ1) is 8.78. The van der Waals surface area contributed by atoms with Gasteiger partial charge in [0.25, 0.3) is 0 Å². The molecule has 1 aromatic heterocycles. The third kappa shape index (κ3) is 5.70. The zero-order valence-electron chi connectivity index (χ0n) is 9.52. The number of nitrogens with zero attached hydrogens (tertiary/aromatic N) is 2. The van der Waals surface area contributed by atoms with Crippen LogP contribution >= 0.6 is 0 Å². The van der Waals surface area contributed by atoms with Gasteiger partial charge in [-0.3, -0.25) is 9.78 Å². The zero-order valence-corrected chi connectivity index (χ0v) is 9.52. The first-order valence-corrected chi connectivity index (χ1v) is 5.02. The third-order valence-corrected chi connectivity index (χ3v) is 1.90. The first-order valence-electron chi connectivity index (χ1n) is 5.02. The van der Waals surface area contributed by atoms with Crippen molar-refractivity contribution in [3.8, 4) is 0 Å². The molecule has 2 N–H and O–H groups in total. The van der Waals surface area contributed by atoms with Crippen LogP contribution in [0.3, 0.4) is 0 Å². The Kier molecular flexibility index (Phi) is 4.67. The highest BCUT2D eigenvalue weighted by molar-refractivity contribution is 5.91. The molecular weight excluding hydrogens is 267 g/mol. The summed E-state index contributed by atoms with van der Waals surface area (Å²) in [5, 5.41) is 10.6. The summed E-state index contributed by atoms with van der Waals surface area (Å²) in [6, 6.07) is 1.73. The molecule has 0 saturated heterocycles. The van der Waals surface area contributed by atoms with Crippen LogP contribution in [0.25, 0.3) is 0 Å². The number of alkyl halides is 3. The van der Waals surface area contributed by atoms with E-state index >= 15 is 0 Å². The fourth-order valence-corrected chi connectivity index (χ4v) is 1.22. The monoisotopic (exact) mass is 277 g/mol. The van der Waals surface area contributed by atoms with E-state index in [4.69, 9.17) is 5.11 Å². The van der Waals surface area contributed by atoms with Crippen molar-refractivity contribution in [1.82, 2.24) is 9.88 Å². The molecule has 0 radical (unpaired) electrons. The highest BCUT2D eigenvalue weighted by Crippen LogP contribution is 2.17. The number of rotatable bonds is 4. The lowest BCUT2D eigenvalue weighted by Gasteiger charge is -2.22. The molecule has 0 aliphatic heterocycles. The summed E-state index contributed by atoms with van der Waals surface area (Å²) in [4.78, 5) is 25.8. The van der Waals surface area contributed by atoms with Gasteiger partial charge in [-0.05, 0) is 12.1 Å². The number of carboxylic acid groups (broad SMARTS) is 1. The lowest BCUT2D eigenvalue weighted by Crippen LogP contribution is -2.44. The van der Waals surface area contributed by atoms with Gasteiger partial charge < -0.3 is 15.3 Å². The second kappa shape index (κ2) is 6.03. The van der Waals surface area contributed by atoms with Crippen molar-refractivity contribution in [2.45, 2.75) is 6.18 Å². The number of urea groups is 1. The summed E-state index contributed by atoms with van der Waals surface area (Å²) < 4.78 is 36.7. The van der Waals surface area contributed by atoms with Crippen LogP contribution in [-0.4, -0.2) is 46.3 Å². The van der Waals surface area contributed by atoms with E-state index in [1.54, 1.807) is 0 Å². The van der Waals surface area contributed by atoms with E-state index in [-0.39, 0.29) is 10.6 Å². The Labute approximate surface area is 105 Å². The predicted octanol–water partition coefficient (Wildman–Crippen LogP) is 1.56. The average molecular weight is 277 g/mol. The van der Waals surface area contributed by atoms with Crippen LogP contribution in [-0.2, 0) is 4.79 Å². The summed E-state index contributed by atoms with van der Waals surface area (Å²) in [7, 11) is 0. The summed E-state index contributed by atoms with van der Waals surface area (Å²) >= 11 is 0. The molecule has 19 heavy (non-hydrogen) atoms. The number of carboxylic acids is 1. The quantitative estimate of drug-likeness (QED) is 0.875. The number of carbonyl (C=O) groups is 2. The van der Waals surface area contributed by atoms with Crippen molar-refractivity contribution in [2.75, 3.05) is 18.4 Å². The van der Waals surface area contributed by atoms with Crippen molar-refractivity contribution in [2.24, 2.45) is 0 Å². The Morgan fingerprint density at radius 2 is 2.11 bits per heavy atom. The van der Waals surface area contributed by atoms with E-state index in [9.17, 15) is 22.8 Å². The van der Waals surface area contributed by atoms with Crippen LogP contribution in [0.2, 0.25) is 0 Å². The lowest BCUT2D eigenvalue weighted by atomic mass is 10.4. The fourth-order valence-electron chi connectivity index (χ4n) is 1.22. The Bertz CT molecular complexity index is 450. The fraction of sp³-hybridized carbons (Fsp3) is 0.300. The number of aliphatic carboxylic acids is 1. The average Bonchev–Trinajstić information content (AvgIpc) is 2.27. The number of hydrogen-bond donors (Lipinski definition) is 2. The van der Waals surface area contributed by atoms with Gasteiger partial charge >= 0.3 is 18.2 Å². The van der Waals surface area contributed by atoms with Crippen molar-refractivity contribution < 1.29 is 27.9 Å². The maximum atomic E-state index is 12.2.